The van der Waals surface area contributed by atoms with Crippen molar-refractivity contribution in [2.75, 3.05) is 18.9 Å². The van der Waals surface area contributed by atoms with Gasteiger partial charge in [-0.25, -0.2) is 0 Å². The average molecular weight is 262 g/mol. The summed E-state index contributed by atoms with van der Waals surface area (Å²) in [5.41, 5.74) is 7.97. The molecule has 1 saturated carbocycles. The van der Waals surface area contributed by atoms with Crippen molar-refractivity contribution in [1.29, 1.82) is 0 Å². The van der Waals surface area contributed by atoms with Crippen LogP contribution in [0.2, 0.25) is 0 Å². The third-order valence-electron chi connectivity index (χ3n) is 3.85. The number of benzene rings is 1. The lowest BCUT2D eigenvalue weighted by Crippen LogP contribution is -2.41. The number of hydrogen-bond donors (Lipinski definition) is 2. The number of carbonyl (C=O) groups excluding carboxylic acids is 1. The van der Waals surface area contributed by atoms with Gasteiger partial charge in [-0.05, 0) is 43.5 Å². The van der Waals surface area contributed by atoms with E-state index in [2.05, 4.69) is 0 Å². The van der Waals surface area contributed by atoms with Crippen LogP contribution in [0.1, 0.15) is 41.6 Å². The summed E-state index contributed by atoms with van der Waals surface area (Å²) in [6.45, 7) is 2.32. The first kappa shape index (κ1) is 13.9. The van der Waals surface area contributed by atoms with Crippen molar-refractivity contribution >= 4 is 11.6 Å². The van der Waals surface area contributed by atoms with Gasteiger partial charge in [-0.2, -0.15) is 0 Å². The van der Waals surface area contributed by atoms with E-state index in [1.165, 1.54) is 12.8 Å². The molecule has 4 heteroatoms. The third kappa shape index (κ3) is 3.07. The minimum absolute atomic E-state index is 0.0102. The Bertz CT molecular complexity index is 453. The molecule has 4 nitrogen and oxygen atoms in total. The van der Waals surface area contributed by atoms with E-state index >= 15 is 0 Å². The van der Waals surface area contributed by atoms with Gasteiger partial charge in [-0.1, -0.05) is 12.8 Å². The van der Waals surface area contributed by atoms with Crippen LogP contribution in [-0.4, -0.2) is 35.1 Å². The van der Waals surface area contributed by atoms with Crippen molar-refractivity contribution in [2.45, 2.75) is 38.6 Å². The lowest BCUT2D eigenvalue weighted by atomic mass is 10.1. The van der Waals surface area contributed by atoms with Gasteiger partial charge in [0.05, 0.1) is 6.61 Å². The zero-order valence-electron chi connectivity index (χ0n) is 11.4. The van der Waals surface area contributed by atoms with Gasteiger partial charge < -0.3 is 15.7 Å². The van der Waals surface area contributed by atoms with E-state index in [-0.39, 0.29) is 18.6 Å². The number of aliphatic hydroxyl groups is 1. The molecule has 0 bridgehead atoms. The van der Waals surface area contributed by atoms with E-state index in [9.17, 15) is 9.90 Å². The number of aryl methyl sites for hydroxylation is 1. The molecule has 2 rings (SSSR count). The second kappa shape index (κ2) is 6.06. The Kier molecular flexibility index (Phi) is 4.43. The normalized spacial score (nSPS) is 15.7. The molecular weight excluding hydrogens is 240 g/mol. The fraction of sp³-hybridized carbons (Fsp3) is 0.533. The number of rotatable bonds is 4. The van der Waals surface area contributed by atoms with E-state index in [0.717, 1.165) is 18.4 Å². The van der Waals surface area contributed by atoms with Crippen LogP contribution in [-0.2, 0) is 0 Å². The monoisotopic (exact) mass is 262 g/mol. The number of hydrogen-bond acceptors (Lipinski definition) is 3. The standard InChI is InChI=1S/C15H22N2O2/c1-11-10-12(16)6-7-14(11)15(19)17(8-9-18)13-4-2-3-5-13/h6-7,10,13,18H,2-5,8-9,16H2,1H3. The Balaban J connectivity index is 2.22. The van der Waals surface area contributed by atoms with E-state index in [1.807, 2.05) is 17.9 Å². The number of carbonyl (C=O) groups is 1. The van der Waals surface area contributed by atoms with Crippen molar-refractivity contribution in [3.63, 3.8) is 0 Å². The number of nitrogen functional groups attached to an aromatic ring is 1. The third-order valence-corrected chi connectivity index (χ3v) is 3.85. The predicted molar refractivity (Wildman–Crippen MR) is 76.0 cm³/mol. The highest BCUT2D eigenvalue weighted by Gasteiger charge is 2.27. The molecule has 0 aliphatic heterocycles. The van der Waals surface area contributed by atoms with Gasteiger partial charge in [0.15, 0.2) is 0 Å². The maximum absolute atomic E-state index is 12.6. The summed E-state index contributed by atoms with van der Waals surface area (Å²) in [5.74, 6) is 0.0125. The second-order valence-electron chi connectivity index (χ2n) is 5.23. The molecule has 0 aromatic heterocycles. The molecule has 1 aliphatic carbocycles. The van der Waals surface area contributed by atoms with E-state index < -0.39 is 0 Å². The molecular formula is C15H22N2O2. The van der Waals surface area contributed by atoms with Crippen LogP contribution in [0.4, 0.5) is 5.69 Å². The molecule has 0 saturated heterocycles. The van der Waals surface area contributed by atoms with Gasteiger partial charge in [0.1, 0.15) is 0 Å². The summed E-state index contributed by atoms with van der Waals surface area (Å²) in [7, 11) is 0. The highest BCUT2D eigenvalue weighted by atomic mass is 16.3. The quantitative estimate of drug-likeness (QED) is 0.815. The Labute approximate surface area is 114 Å². The van der Waals surface area contributed by atoms with Crippen LogP contribution >= 0.6 is 0 Å². The minimum Gasteiger partial charge on any atom is -0.399 e. The summed E-state index contributed by atoms with van der Waals surface area (Å²) in [4.78, 5) is 14.5. The van der Waals surface area contributed by atoms with Crippen LogP contribution in [0.5, 0.6) is 0 Å². The molecule has 1 amide bonds. The zero-order chi connectivity index (χ0) is 13.8. The molecule has 1 aliphatic rings. The van der Waals surface area contributed by atoms with E-state index in [0.29, 0.717) is 17.8 Å². The van der Waals surface area contributed by atoms with Gasteiger partial charge in [0, 0.05) is 23.8 Å². The first-order valence-electron chi connectivity index (χ1n) is 6.91. The van der Waals surface area contributed by atoms with Crippen LogP contribution in [0, 0.1) is 6.92 Å². The van der Waals surface area contributed by atoms with Crippen molar-refractivity contribution in [1.82, 2.24) is 4.90 Å². The summed E-state index contributed by atoms with van der Waals surface area (Å²) in [6, 6.07) is 5.63. The Morgan fingerprint density at radius 1 is 1.42 bits per heavy atom. The van der Waals surface area contributed by atoms with Gasteiger partial charge in [0.25, 0.3) is 5.91 Å². The summed E-state index contributed by atoms with van der Waals surface area (Å²) >= 11 is 0. The van der Waals surface area contributed by atoms with Crippen molar-refractivity contribution in [3.05, 3.63) is 29.3 Å². The Hall–Kier alpha value is -1.55. The molecule has 104 valence electrons. The summed E-state index contributed by atoms with van der Waals surface area (Å²) in [5, 5.41) is 9.19. The lowest BCUT2D eigenvalue weighted by Gasteiger charge is -2.29. The molecule has 0 radical (unpaired) electrons. The largest absolute Gasteiger partial charge is 0.399 e. The maximum Gasteiger partial charge on any atom is 0.254 e. The molecule has 0 unspecified atom stereocenters. The first-order chi connectivity index (χ1) is 9.13. The number of aliphatic hydroxyl groups excluding tert-OH is 1. The number of nitrogens with zero attached hydrogens (tertiary/aromatic N) is 1. The van der Waals surface area contributed by atoms with Gasteiger partial charge in [-0.3, -0.25) is 4.79 Å². The number of anilines is 1. The van der Waals surface area contributed by atoms with Crippen LogP contribution in [0.15, 0.2) is 18.2 Å². The smallest absolute Gasteiger partial charge is 0.254 e. The minimum atomic E-state index is 0.0102. The van der Waals surface area contributed by atoms with Crippen molar-refractivity contribution in [3.8, 4) is 0 Å². The van der Waals surface area contributed by atoms with Crippen LogP contribution < -0.4 is 5.73 Å². The van der Waals surface area contributed by atoms with E-state index in [1.54, 1.807) is 12.1 Å². The predicted octanol–water partition coefficient (Wildman–Crippen LogP) is 1.95. The molecule has 1 fully saturated rings. The molecule has 0 spiro atoms. The van der Waals surface area contributed by atoms with Crippen molar-refractivity contribution < 1.29 is 9.90 Å². The molecule has 1 aromatic rings. The fourth-order valence-electron chi connectivity index (χ4n) is 2.86. The topological polar surface area (TPSA) is 66.6 Å². The number of nitrogens with two attached hydrogens (primary N) is 1. The molecule has 1 aromatic carbocycles. The lowest BCUT2D eigenvalue weighted by molar-refractivity contribution is 0.0637. The highest BCUT2D eigenvalue weighted by Crippen LogP contribution is 2.25. The van der Waals surface area contributed by atoms with Crippen molar-refractivity contribution in [2.24, 2.45) is 0 Å². The van der Waals surface area contributed by atoms with Gasteiger partial charge in [0.2, 0.25) is 0 Å². The SMILES string of the molecule is Cc1cc(N)ccc1C(=O)N(CCO)C1CCCC1. The molecule has 19 heavy (non-hydrogen) atoms. The highest BCUT2D eigenvalue weighted by molar-refractivity contribution is 5.96. The maximum atomic E-state index is 12.6. The first-order valence-corrected chi connectivity index (χ1v) is 6.91. The van der Waals surface area contributed by atoms with Crippen LogP contribution in [0.25, 0.3) is 0 Å². The Morgan fingerprint density at radius 3 is 2.68 bits per heavy atom. The molecule has 0 heterocycles. The Morgan fingerprint density at radius 2 is 2.11 bits per heavy atom. The zero-order valence-corrected chi connectivity index (χ0v) is 11.4. The fourth-order valence-corrected chi connectivity index (χ4v) is 2.86. The van der Waals surface area contributed by atoms with Crippen LogP contribution in [0.3, 0.4) is 0 Å². The van der Waals surface area contributed by atoms with Gasteiger partial charge >= 0.3 is 0 Å². The molecule has 0 atom stereocenters. The number of amides is 1. The summed E-state index contributed by atoms with van der Waals surface area (Å²) < 4.78 is 0. The average Bonchev–Trinajstić information content (AvgIpc) is 2.89. The second-order valence-corrected chi connectivity index (χ2v) is 5.23. The van der Waals surface area contributed by atoms with E-state index in [4.69, 9.17) is 5.73 Å². The van der Waals surface area contributed by atoms with Gasteiger partial charge in [-0.15, -0.1) is 0 Å². The summed E-state index contributed by atoms with van der Waals surface area (Å²) in [6.07, 6.45) is 4.42. The molecule has 3 N–H and O–H groups in total.